The van der Waals surface area contributed by atoms with E-state index in [9.17, 15) is 4.79 Å². The van der Waals surface area contributed by atoms with Crippen LogP contribution in [0.2, 0.25) is 0 Å². The van der Waals surface area contributed by atoms with Gasteiger partial charge in [0.2, 0.25) is 5.91 Å². The van der Waals surface area contributed by atoms with E-state index >= 15 is 0 Å². The average Bonchev–Trinajstić information content (AvgIpc) is 3.17. The molecule has 0 saturated carbocycles. The summed E-state index contributed by atoms with van der Waals surface area (Å²) in [5.41, 5.74) is 2.55. The molecule has 1 amide bonds. The lowest BCUT2D eigenvalue weighted by Gasteiger charge is -2.34. The molecular weight excluding hydrogens is 394 g/mol. The van der Waals surface area contributed by atoms with Crippen LogP contribution in [-0.2, 0) is 22.4 Å². The molecule has 166 valence electrons. The lowest BCUT2D eigenvalue weighted by Crippen LogP contribution is -2.46. The van der Waals surface area contributed by atoms with Gasteiger partial charge in [-0.3, -0.25) is 9.78 Å². The minimum Gasteiger partial charge on any atom is -0.485 e. The molecule has 0 bridgehead atoms. The Bertz CT molecular complexity index is 972. The van der Waals surface area contributed by atoms with Gasteiger partial charge in [0.1, 0.15) is 23.4 Å². The average molecular weight is 426 g/mol. The number of nitrogens with zero attached hydrogens (tertiary/aromatic N) is 4. The van der Waals surface area contributed by atoms with Crippen LogP contribution in [0, 0.1) is 0 Å². The number of nitrogens with one attached hydrogen (secondary N) is 1. The second-order valence-corrected chi connectivity index (χ2v) is 9.38. The third kappa shape index (κ3) is 4.95. The molecule has 8 heteroatoms. The fourth-order valence-electron chi connectivity index (χ4n) is 3.87. The minimum atomic E-state index is -0.274. The third-order valence-electron chi connectivity index (χ3n) is 5.46. The summed E-state index contributed by atoms with van der Waals surface area (Å²) >= 11 is 0. The highest BCUT2D eigenvalue weighted by atomic mass is 16.6. The summed E-state index contributed by atoms with van der Waals surface area (Å²) in [4.78, 5) is 28.5. The summed E-state index contributed by atoms with van der Waals surface area (Å²) in [5, 5.41) is 3.01. The maximum absolute atomic E-state index is 12.5. The highest BCUT2D eigenvalue weighted by Gasteiger charge is 2.30. The van der Waals surface area contributed by atoms with Crippen molar-refractivity contribution in [1.82, 2.24) is 20.3 Å². The molecule has 0 aromatic carbocycles. The minimum absolute atomic E-state index is 0.0349. The van der Waals surface area contributed by atoms with Crippen molar-refractivity contribution in [2.75, 3.05) is 25.1 Å². The molecule has 8 nitrogen and oxygen atoms in total. The van der Waals surface area contributed by atoms with Crippen LogP contribution in [0.15, 0.2) is 18.3 Å². The van der Waals surface area contributed by atoms with Gasteiger partial charge in [0.05, 0.1) is 19.3 Å². The van der Waals surface area contributed by atoms with Gasteiger partial charge >= 0.3 is 0 Å². The first kappa shape index (κ1) is 21.5. The SMILES string of the molecule is C[C@H]1OC[C@@H]1Oc1ccnc(-c2nc3c(c(N(C)CC(=O)NC(C)(C)C)n2)CCC3)c1. The number of amides is 1. The van der Waals surface area contributed by atoms with Gasteiger partial charge in [0.25, 0.3) is 0 Å². The van der Waals surface area contributed by atoms with E-state index in [-0.39, 0.29) is 30.2 Å². The third-order valence-corrected chi connectivity index (χ3v) is 5.46. The molecule has 2 aromatic heterocycles. The van der Waals surface area contributed by atoms with E-state index in [2.05, 4.69) is 10.3 Å². The van der Waals surface area contributed by atoms with Gasteiger partial charge in [-0.25, -0.2) is 9.97 Å². The zero-order valence-corrected chi connectivity index (χ0v) is 18.9. The van der Waals surface area contributed by atoms with Crippen LogP contribution in [-0.4, -0.2) is 58.8 Å². The molecule has 2 aromatic rings. The Morgan fingerprint density at radius 3 is 2.81 bits per heavy atom. The van der Waals surface area contributed by atoms with Crippen molar-refractivity contribution >= 4 is 11.7 Å². The number of rotatable bonds is 6. The number of hydrogen-bond acceptors (Lipinski definition) is 7. The van der Waals surface area contributed by atoms with Gasteiger partial charge in [0, 0.05) is 36.1 Å². The number of aromatic nitrogens is 3. The Hall–Kier alpha value is -2.74. The highest BCUT2D eigenvalue weighted by Crippen LogP contribution is 2.31. The lowest BCUT2D eigenvalue weighted by atomic mass is 10.1. The van der Waals surface area contributed by atoms with Gasteiger partial charge < -0.3 is 19.7 Å². The van der Waals surface area contributed by atoms with Crippen LogP contribution in [0.5, 0.6) is 5.75 Å². The summed E-state index contributed by atoms with van der Waals surface area (Å²) in [6.45, 7) is 8.75. The molecule has 0 radical (unpaired) electrons. The van der Waals surface area contributed by atoms with Gasteiger partial charge in [-0.15, -0.1) is 0 Å². The maximum atomic E-state index is 12.5. The number of carbonyl (C=O) groups excluding carboxylic acids is 1. The standard InChI is InChI=1S/C23H31N5O3/c1-14-19(13-30-14)31-15-9-10-24-18(11-15)21-25-17-8-6-7-16(17)22(26-21)28(5)12-20(29)27-23(2,3)4/h9-11,14,19H,6-8,12-13H2,1-5H3,(H,27,29)/t14-,19+/m1/s1. The Kier molecular flexibility index (Phi) is 5.83. The van der Waals surface area contributed by atoms with Gasteiger partial charge in [0.15, 0.2) is 5.82 Å². The summed E-state index contributed by atoms with van der Waals surface area (Å²) in [7, 11) is 1.90. The summed E-state index contributed by atoms with van der Waals surface area (Å²) in [5.74, 6) is 2.05. The van der Waals surface area contributed by atoms with Crippen molar-refractivity contribution in [3.8, 4) is 17.3 Å². The van der Waals surface area contributed by atoms with E-state index in [1.807, 2.05) is 51.8 Å². The Morgan fingerprint density at radius 1 is 1.32 bits per heavy atom. The second-order valence-electron chi connectivity index (χ2n) is 9.38. The fourth-order valence-corrected chi connectivity index (χ4v) is 3.87. The van der Waals surface area contributed by atoms with Gasteiger partial charge in [-0.05, 0) is 53.0 Å². The molecule has 1 N–H and O–H groups in total. The van der Waals surface area contributed by atoms with E-state index in [0.717, 1.165) is 42.1 Å². The van der Waals surface area contributed by atoms with Crippen LogP contribution in [0.3, 0.4) is 0 Å². The molecule has 1 aliphatic carbocycles. The topological polar surface area (TPSA) is 89.5 Å². The predicted molar refractivity (Wildman–Crippen MR) is 118 cm³/mol. The molecular formula is C23H31N5O3. The number of hydrogen-bond donors (Lipinski definition) is 1. The molecule has 2 aliphatic rings. The highest BCUT2D eigenvalue weighted by molar-refractivity contribution is 5.82. The molecule has 4 rings (SSSR count). The van der Waals surface area contributed by atoms with Crippen LogP contribution in [0.4, 0.5) is 5.82 Å². The molecule has 1 saturated heterocycles. The molecule has 2 atom stereocenters. The number of carbonyl (C=O) groups is 1. The number of ether oxygens (including phenoxy) is 2. The van der Waals surface area contributed by atoms with Crippen molar-refractivity contribution in [2.45, 2.75) is 64.7 Å². The van der Waals surface area contributed by atoms with Crippen LogP contribution >= 0.6 is 0 Å². The Morgan fingerprint density at radius 2 is 2.13 bits per heavy atom. The number of fused-ring (bicyclic) bond motifs is 1. The number of pyridine rings is 1. The monoisotopic (exact) mass is 425 g/mol. The molecule has 1 aliphatic heterocycles. The number of likely N-dealkylation sites (N-methyl/N-ethyl adjacent to an activating group) is 1. The quantitative estimate of drug-likeness (QED) is 0.761. The van der Waals surface area contributed by atoms with Gasteiger partial charge in [-0.2, -0.15) is 0 Å². The summed E-state index contributed by atoms with van der Waals surface area (Å²) < 4.78 is 11.4. The number of aryl methyl sites for hydroxylation is 1. The second kappa shape index (κ2) is 8.42. The predicted octanol–water partition coefficient (Wildman–Crippen LogP) is 2.54. The zero-order chi connectivity index (χ0) is 22.2. The molecule has 1 fully saturated rings. The largest absolute Gasteiger partial charge is 0.485 e. The normalized spacial score (nSPS) is 20.0. The Labute approximate surface area is 183 Å². The smallest absolute Gasteiger partial charge is 0.239 e. The van der Waals surface area contributed by atoms with E-state index in [1.165, 1.54) is 0 Å². The molecule has 0 spiro atoms. The first-order chi connectivity index (χ1) is 14.7. The van der Waals surface area contributed by atoms with Crippen LogP contribution in [0.1, 0.15) is 45.4 Å². The van der Waals surface area contributed by atoms with Crippen molar-refractivity contribution < 1.29 is 14.3 Å². The van der Waals surface area contributed by atoms with Crippen molar-refractivity contribution in [1.29, 1.82) is 0 Å². The van der Waals surface area contributed by atoms with Crippen molar-refractivity contribution in [3.63, 3.8) is 0 Å². The molecule has 3 heterocycles. The van der Waals surface area contributed by atoms with E-state index in [0.29, 0.717) is 18.1 Å². The van der Waals surface area contributed by atoms with E-state index < -0.39 is 0 Å². The number of anilines is 1. The van der Waals surface area contributed by atoms with E-state index in [4.69, 9.17) is 19.4 Å². The van der Waals surface area contributed by atoms with Crippen molar-refractivity contribution in [2.24, 2.45) is 0 Å². The fraction of sp³-hybridized carbons (Fsp3) is 0.565. The van der Waals surface area contributed by atoms with E-state index in [1.54, 1.807) is 6.20 Å². The first-order valence-corrected chi connectivity index (χ1v) is 10.9. The van der Waals surface area contributed by atoms with Crippen LogP contribution < -0.4 is 15.0 Å². The van der Waals surface area contributed by atoms with Crippen molar-refractivity contribution in [3.05, 3.63) is 29.6 Å². The molecule has 31 heavy (non-hydrogen) atoms. The van der Waals surface area contributed by atoms with Gasteiger partial charge in [-0.1, -0.05) is 0 Å². The zero-order valence-electron chi connectivity index (χ0n) is 18.9. The Balaban J connectivity index is 1.59. The summed E-state index contributed by atoms with van der Waals surface area (Å²) in [6, 6.07) is 3.71. The summed E-state index contributed by atoms with van der Waals surface area (Å²) in [6.07, 6.45) is 4.73. The lowest BCUT2D eigenvalue weighted by molar-refractivity contribution is -0.139. The molecule has 0 unspecified atom stereocenters. The first-order valence-electron chi connectivity index (χ1n) is 10.9. The maximum Gasteiger partial charge on any atom is 0.239 e. The van der Waals surface area contributed by atoms with Crippen LogP contribution in [0.25, 0.3) is 11.5 Å².